The Kier molecular flexibility index (Phi) is 8.64. The van der Waals surface area contributed by atoms with Crippen LogP contribution in [-0.2, 0) is 9.53 Å². The number of ketones is 2. The van der Waals surface area contributed by atoms with E-state index in [1.807, 2.05) is 0 Å². The van der Waals surface area contributed by atoms with Crippen molar-refractivity contribution in [2.45, 2.75) is 0 Å². The number of carbonyl (C=O) groups is 3. The zero-order chi connectivity index (χ0) is 23.0. The van der Waals surface area contributed by atoms with Crippen LogP contribution < -0.4 is 5.73 Å². The molecule has 2 aromatic rings. The molecule has 0 radical (unpaired) electrons. The van der Waals surface area contributed by atoms with E-state index in [0.717, 1.165) is 6.08 Å². The Balaban J connectivity index is 0.000000785. The fourth-order valence-corrected chi connectivity index (χ4v) is 2.59. The van der Waals surface area contributed by atoms with E-state index in [1.54, 1.807) is 12.1 Å². The lowest BCUT2D eigenvalue weighted by Crippen LogP contribution is -2.19. The van der Waals surface area contributed by atoms with E-state index in [1.165, 1.54) is 18.2 Å². The average Bonchev–Trinajstić information content (AvgIpc) is 3.24. The Bertz CT molecular complexity index is 918. The van der Waals surface area contributed by atoms with Crippen molar-refractivity contribution in [1.82, 2.24) is 0 Å². The molecule has 0 amide bonds. The minimum atomic E-state index is -0.935. The van der Waals surface area contributed by atoms with Gasteiger partial charge in [0.15, 0.2) is 23.1 Å². The number of fused-ring (bicyclic) bond motifs is 2. The first kappa shape index (κ1) is 24.0. The van der Waals surface area contributed by atoms with Crippen molar-refractivity contribution in [3.63, 3.8) is 0 Å². The molecule has 1 aromatic carbocycles. The van der Waals surface area contributed by atoms with Gasteiger partial charge in [0.1, 0.15) is 0 Å². The van der Waals surface area contributed by atoms with Gasteiger partial charge in [0.2, 0.25) is 5.78 Å². The first-order valence-corrected chi connectivity index (χ1v) is 9.30. The van der Waals surface area contributed by atoms with E-state index in [9.17, 15) is 19.5 Å². The second-order valence-corrected chi connectivity index (χ2v) is 6.46. The highest BCUT2D eigenvalue weighted by Gasteiger charge is 2.34. The van der Waals surface area contributed by atoms with Gasteiger partial charge in [0, 0.05) is 23.6 Å². The summed E-state index contributed by atoms with van der Waals surface area (Å²) in [6.45, 7) is -0.499. The highest BCUT2D eigenvalue weighted by molar-refractivity contribution is 6.27. The summed E-state index contributed by atoms with van der Waals surface area (Å²) >= 11 is 0. The first-order chi connectivity index (χ1) is 14.9. The Hall–Kier alpha value is -3.31. The number of aliphatic hydroxyl groups excluding tert-OH is 4. The maximum Gasteiger partial charge on any atom is 0.334 e. The molecule has 0 fully saturated rings. The second kappa shape index (κ2) is 11.2. The molecule has 0 saturated carbocycles. The molecule has 3 rings (SSSR count). The van der Waals surface area contributed by atoms with Crippen molar-refractivity contribution in [3.8, 4) is 0 Å². The molecule has 10 nitrogen and oxygen atoms in total. The third kappa shape index (κ3) is 5.64. The number of rotatable bonds is 7. The Labute approximate surface area is 177 Å². The Morgan fingerprint density at radius 1 is 1.06 bits per heavy atom. The van der Waals surface area contributed by atoms with E-state index in [0.29, 0.717) is 6.54 Å². The third-order valence-electron chi connectivity index (χ3n) is 4.21. The quantitative estimate of drug-likeness (QED) is 0.194. The standard InChI is InChI=1S/C19H16O8.C2H7NO/c20-7-10(8-21)9-26-16(23)6-14(22)15-5-13-17(24)11-3-1-2-4-12(11)18(25)19(13)27-15;3-1-2-4/h1-6,10,20-22H,7-9H2;4H,1-3H2/b14-6-;. The fourth-order valence-electron chi connectivity index (χ4n) is 2.59. The van der Waals surface area contributed by atoms with Crippen molar-refractivity contribution < 1.29 is 44.0 Å². The smallest absolute Gasteiger partial charge is 0.334 e. The van der Waals surface area contributed by atoms with Crippen LogP contribution in [0.5, 0.6) is 0 Å². The van der Waals surface area contributed by atoms with Gasteiger partial charge < -0.3 is 35.3 Å². The number of aliphatic hydroxyl groups is 4. The van der Waals surface area contributed by atoms with Gasteiger partial charge in [-0.2, -0.15) is 0 Å². The number of nitrogens with two attached hydrogens (primary N) is 1. The molecule has 1 heterocycles. The number of carbonyl (C=O) groups excluding carboxylic acids is 3. The number of furan rings is 1. The summed E-state index contributed by atoms with van der Waals surface area (Å²) in [5.74, 6) is -3.53. The predicted molar refractivity (Wildman–Crippen MR) is 107 cm³/mol. The number of hydrogen-bond acceptors (Lipinski definition) is 10. The molecule has 31 heavy (non-hydrogen) atoms. The summed E-state index contributed by atoms with van der Waals surface area (Å²) in [6, 6.07) is 7.48. The molecule has 166 valence electrons. The van der Waals surface area contributed by atoms with Gasteiger partial charge in [-0.3, -0.25) is 9.59 Å². The van der Waals surface area contributed by atoms with Crippen molar-refractivity contribution in [2.75, 3.05) is 33.0 Å². The van der Waals surface area contributed by atoms with Gasteiger partial charge in [-0.15, -0.1) is 0 Å². The van der Waals surface area contributed by atoms with Crippen LogP contribution in [0.25, 0.3) is 5.76 Å². The molecule has 0 aliphatic heterocycles. The molecule has 0 spiro atoms. The minimum absolute atomic E-state index is 0.00245. The zero-order valence-electron chi connectivity index (χ0n) is 16.5. The van der Waals surface area contributed by atoms with Gasteiger partial charge in [-0.25, -0.2) is 4.79 Å². The first-order valence-electron chi connectivity index (χ1n) is 9.30. The van der Waals surface area contributed by atoms with E-state index in [2.05, 4.69) is 0 Å². The highest BCUT2D eigenvalue weighted by Crippen LogP contribution is 2.31. The maximum atomic E-state index is 12.5. The van der Waals surface area contributed by atoms with Crippen molar-refractivity contribution in [2.24, 2.45) is 11.7 Å². The Morgan fingerprint density at radius 3 is 2.19 bits per heavy atom. The molecule has 0 atom stereocenters. The average molecular weight is 433 g/mol. The normalized spacial score (nSPS) is 12.7. The van der Waals surface area contributed by atoms with Crippen molar-refractivity contribution >= 4 is 23.3 Å². The molecule has 0 unspecified atom stereocenters. The van der Waals surface area contributed by atoms with Crippen LogP contribution in [0.3, 0.4) is 0 Å². The van der Waals surface area contributed by atoms with Crippen LogP contribution in [-0.4, -0.2) is 70.9 Å². The minimum Gasteiger partial charge on any atom is -0.504 e. The van der Waals surface area contributed by atoms with Gasteiger partial charge in [0.25, 0.3) is 0 Å². The number of hydrogen-bond donors (Lipinski definition) is 5. The highest BCUT2D eigenvalue weighted by atomic mass is 16.5. The molecule has 0 bridgehead atoms. The van der Waals surface area contributed by atoms with E-state index in [-0.39, 0.29) is 54.6 Å². The summed E-state index contributed by atoms with van der Waals surface area (Å²) in [5, 5.41) is 35.6. The lowest BCUT2D eigenvalue weighted by Gasteiger charge is -2.11. The number of esters is 1. The van der Waals surface area contributed by atoms with Crippen LogP contribution in [0.15, 0.2) is 40.8 Å². The van der Waals surface area contributed by atoms with Crippen LogP contribution in [0.2, 0.25) is 0 Å². The number of ether oxygens (including phenoxy) is 1. The number of benzene rings is 1. The summed E-state index contributed by atoms with van der Waals surface area (Å²) in [6.07, 6.45) is 0.720. The monoisotopic (exact) mass is 433 g/mol. The molecular formula is C21H23NO9. The molecule has 0 saturated heterocycles. The Morgan fingerprint density at radius 2 is 1.65 bits per heavy atom. The SMILES string of the molecule is NCCO.O=C(/C=C(\O)c1cc2c(o1)C(=O)c1ccccc1C2=O)OCC(CO)CO. The van der Waals surface area contributed by atoms with Crippen molar-refractivity contribution in [1.29, 1.82) is 0 Å². The third-order valence-corrected chi connectivity index (χ3v) is 4.21. The lowest BCUT2D eigenvalue weighted by atomic mass is 9.88. The summed E-state index contributed by atoms with van der Waals surface area (Å²) in [7, 11) is 0. The van der Waals surface area contributed by atoms with Crippen molar-refractivity contribution in [3.05, 3.63) is 64.6 Å². The van der Waals surface area contributed by atoms with Gasteiger partial charge in [-0.1, -0.05) is 24.3 Å². The van der Waals surface area contributed by atoms with Gasteiger partial charge in [0.05, 0.1) is 38.1 Å². The molecule has 1 aromatic heterocycles. The van der Waals surface area contributed by atoms with Crippen LogP contribution in [0, 0.1) is 5.92 Å². The zero-order valence-corrected chi connectivity index (χ0v) is 16.5. The fraction of sp³-hybridized carbons (Fsp3) is 0.286. The van der Waals surface area contributed by atoms with Crippen LogP contribution in [0.1, 0.15) is 37.8 Å². The molecule has 6 N–H and O–H groups in total. The van der Waals surface area contributed by atoms with E-state index >= 15 is 0 Å². The summed E-state index contributed by atoms with van der Waals surface area (Å²) < 4.78 is 10.1. The van der Waals surface area contributed by atoms with Gasteiger partial charge in [-0.05, 0) is 6.07 Å². The summed E-state index contributed by atoms with van der Waals surface area (Å²) in [5.41, 5.74) is 5.23. The topological polar surface area (TPSA) is 181 Å². The maximum absolute atomic E-state index is 12.5. The van der Waals surface area contributed by atoms with Crippen LogP contribution >= 0.6 is 0 Å². The summed E-state index contributed by atoms with van der Waals surface area (Å²) in [4.78, 5) is 36.7. The molecular weight excluding hydrogens is 410 g/mol. The van der Waals surface area contributed by atoms with Crippen LogP contribution in [0.4, 0.5) is 0 Å². The van der Waals surface area contributed by atoms with E-state index in [4.69, 9.17) is 30.2 Å². The lowest BCUT2D eigenvalue weighted by molar-refractivity contribution is -0.139. The molecule has 10 heteroatoms. The van der Waals surface area contributed by atoms with E-state index < -0.39 is 29.2 Å². The molecule has 1 aliphatic rings. The molecule has 1 aliphatic carbocycles. The predicted octanol–water partition coefficient (Wildman–Crippen LogP) is 0.0353. The largest absolute Gasteiger partial charge is 0.504 e. The second-order valence-electron chi connectivity index (χ2n) is 6.46. The van der Waals surface area contributed by atoms with Gasteiger partial charge >= 0.3 is 5.97 Å².